The van der Waals surface area contributed by atoms with Crippen LogP contribution < -0.4 is 4.74 Å². The van der Waals surface area contributed by atoms with E-state index in [1.54, 1.807) is 24.3 Å². The third-order valence-corrected chi connectivity index (χ3v) is 2.72. The Balaban J connectivity index is 2.02. The first kappa shape index (κ1) is 13.8. The summed E-state index contributed by atoms with van der Waals surface area (Å²) in [6.45, 7) is 0. The molecule has 2 rings (SSSR count). The zero-order valence-corrected chi connectivity index (χ0v) is 10.9. The SMILES string of the molecule is COc1ccccc1C=CC(=O)ON1C(=O)CCC1=O. The predicted octanol–water partition coefficient (Wildman–Crippen LogP) is 1.32. The first-order valence-corrected chi connectivity index (χ1v) is 6.00. The topological polar surface area (TPSA) is 72.9 Å². The quantitative estimate of drug-likeness (QED) is 0.612. The van der Waals surface area contributed by atoms with Crippen LogP contribution in [0.2, 0.25) is 0 Å². The van der Waals surface area contributed by atoms with Crippen LogP contribution in [0.25, 0.3) is 6.08 Å². The summed E-state index contributed by atoms with van der Waals surface area (Å²) in [6.07, 6.45) is 2.77. The van der Waals surface area contributed by atoms with Crippen LogP contribution in [-0.2, 0) is 19.2 Å². The van der Waals surface area contributed by atoms with Crippen LogP contribution in [0.5, 0.6) is 5.75 Å². The van der Waals surface area contributed by atoms with E-state index in [4.69, 9.17) is 9.57 Å². The van der Waals surface area contributed by atoms with E-state index in [-0.39, 0.29) is 12.8 Å². The number of amides is 2. The van der Waals surface area contributed by atoms with Gasteiger partial charge in [0, 0.05) is 24.5 Å². The Morgan fingerprint density at radius 1 is 1.20 bits per heavy atom. The van der Waals surface area contributed by atoms with Crippen LogP contribution in [0, 0.1) is 0 Å². The number of methoxy groups -OCH3 is 1. The smallest absolute Gasteiger partial charge is 0.356 e. The van der Waals surface area contributed by atoms with E-state index in [0.717, 1.165) is 6.08 Å². The molecule has 0 aromatic heterocycles. The minimum Gasteiger partial charge on any atom is -0.496 e. The highest BCUT2D eigenvalue weighted by molar-refractivity contribution is 6.02. The molecule has 1 aromatic rings. The number of rotatable bonds is 4. The third-order valence-electron chi connectivity index (χ3n) is 2.72. The largest absolute Gasteiger partial charge is 0.496 e. The van der Waals surface area contributed by atoms with Crippen LogP contribution in [0.3, 0.4) is 0 Å². The minimum atomic E-state index is -0.792. The van der Waals surface area contributed by atoms with Crippen molar-refractivity contribution in [3.05, 3.63) is 35.9 Å². The normalized spacial score (nSPS) is 14.9. The second-order valence-corrected chi connectivity index (χ2v) is 4.07. The molecule has 0 saturated carbocycles. The van der Waals surface area contributed by atoms with Gasteiger partial charge >= 0.3 is 5.97 Å². The van der Waals surface area contributed by atoms with Crippen LogP contribution in [0.4, 0.5) is 0 Å². The van der Waals surface area contributed by atoms with Crippen molar-refractivity contribution >= 4 is 23.9 Å². The van der Waals surface area contributed by atoms with Gasteiger partial charge < -0.3 is 9.57 Å². The summed E-state index contributed by atoms with van der Waals surface area (Å²) < 4.78 is 5.12. The average molecular weight is 275 g/mol. The van der Waals surface area contributed by atoms with Gasteiger partial charge in [0.15, 0.2) is 0 Å². The molecule has 1 saturated heterocycles. The maximum Gasteiger partial charge on any atom is 0.356 e. The second-order valence-electron chi connectivity index (χ2n) is 4.07. The molecule has 0 bridgehead atoms. The lowest BCUT2D eigenvalue weighted by atomic mass is 10.2. The number of benzene rings is 1. The molecule has 0 aliphatic carbocycles. The number of ether oxygens (including phenoxy) is 1. The molecule has 104 valence electrons. The van der Waals surface area contributed by atoms with Crippen LogP contribution in [0.15, 0.2) is 30.3 Å². The van der Waals surface area contributed by atoms with Crippen LogP contribution in [-0.4, -0.2) is 30.0 Å². The summed E-state index contributed by atoms with van der Waals surface area (Å²) in [5, 5.41) is 0.509. The monoisotopic (exact) mass is 275 g/mol. The van der Waals surface area contributed by atoms with Crippen molar-refractivity contribution < 1.29 is 24.0 Å². The molecule has 20 heavy (non-hydrogen) atoms. The van der Waals surface area contributed by atoms with Gasteiger partial charge in [0.25, 0.3) is 11.8 Å². The number of carbonyl (C=O) groups is 3. The number of imide groups is 1. The maximum atomic E-state index is 11.6. The van der Waals surface area contributed by atoms with Crippen LogP contribution in [0.1, 0.15) is 18.4 Å². The Kier molecular flexibility index (Phi) is 4.14. The number of hydroxylamine groups is 2. The number of carbonyl (C=O) groups excluding carboxylic acids is 3. The third kappa shape index (κ3) is 3.03. The van der Waals surface area contributed by atoms with Crippen molar-refractivity contribution in [2.75, 3.05) is 7.11 Å². The molecule has 1 fully saturated rings. The molecule has 0 radical (unpaired) electrons. The predicted molar refractivity (Wildman–Crippen MR) is 69.2 cm³/mol. The number of hydrogen-bond donors (Lipinski definition) is 0. The van der Waals surface area contributed by atoms with E-state index < -0.39 is 17.8 Å². The standard InChI is InChI=1S/C14H13NO5/c1-19-11-5-3-2-4-10(11)6-9-14(18)20-15-12(16)7-8-13(15)17/h2-6,9H,7-8H2,1H3. The van der Waals surface area contributed by atoms with E-state index in [0.29, 0.717) is 16.4 Å². The molecule has 2 amide bonds. The lowest BCUT2D eigenvalue weighted by Gasteiger charge is -2.10. The Hall–Kier alpha value is -2.63. The van der Waals surface area contributed by atoms with Crippen molar-refractivity contribution in [3.8, 4) is 5.75 Å². The van der Waals surface area contributed by atoms with Crippen molar-refractivity contribution in [1.82, 2.24) is 5.06 Å². The van der Waals surface area contributed by atoms with Gasteiger partial charge in [-0.15, -0.1) is 5.06 Å². The summed E-state index contributed by atoms with van der Waals surface area (Å²) in [7, 11) is 1.52. The van der Waals surface area contributed by atoms with Gasteiger partial charge in [0.2, 0.25) is 0 Å². The summed E-state index contributed by atoms with van der Waals surface area (Å²) in [5.74, 6) is -1.20. The molecule has 1 aliphatic rings. The number of hydrogen-bond acceptors (Lipinski definition) is 5. The van der Waals surface area contributed by atoms with E-state index in [2.05, 4.69) is 0 Å². The van der Waals surface area contributed by atoms with Gasteiger partial charge in [-0.25, -0.2) is 4.79 Å². The zero-order valence-electron chi connectivity index (χ0n) is 10.9. The van der Waals surface area contributed by atoms with Gasteiger partial charge in [-0.2, -0.15) is 0 Å². The maximum absolute atomic E-state index is 11.6. The van der Waals surface area contributed by atoms with Crippen molar-refractivity contribution in [3.63, 3.8) is 0 Å². The van der Waals surface area contributed by atoms with E-state index in [1.165, 1.54) is 13.2 Å². The fraction of sp³-hybridized carbons (Fsp3) is 0.214. The fourth-order valence-electron chi connectivity index (χ4n) is 1.74. The second kappa shape index (κ2) is 6.01. The Labute approximate surface area is 115 Å². The van der Waals surface area contributed by atoms with Crippen molar-refractivity contribution in [2.45, 2.75) is 12.8 Å². The van der Waals surface area contributed by atoms with E-state index in [1.807, 2.05) is 0 Å². The molecular weight excluding hydrogens is 262 g/mol. The van der Waals surface area contributed by atoms with E-state index in [9.17, 15) is 14.4 Å². The van der Waals surface area contributed by atoms with Crippen molar-refractivity contribution in [2.24, 2.45) is 0 Å². The van der Waals surface area contributed by atoms with E-state index >= 15 is 0 Å². The number of para-hydroxylation sites is 1. The number of nitrogens with zero attached hydrogens (tertiary/aromatic N) is 1. The lowest BCUT2D eigenvalue weighted by Crippen LogP contribution is -2.31. The molecule has 6 heteroatoms. The Morgan fingerprint density at radius 3 is 2.50 bits per heavy atom. The Morgan fingerprint density at radius 2 is 1.85 bits per heavy atom. The van der Waals surface area contributed by atoms with Gasteiger partial charge in [-0.05, 0) is 12.1 Å². The van der Waals surface area contributed by atoms with Gasteiger partial charge in [-0.1, -0.05) is 18.2 Å². The van der Waals surface area contributed by atoms with Gasteiger partial charge in [0.1, 0.15) is 5.75 Å². The fourth-order valence-corrected chi connectivity index (χ4v) is 1.74. The average Bonchev–Trinajstić information content (AvgIpc) is 2.77. The zero-order chi connectivity index (χ0) is 14.5. The first-order valence-electron chi connectivity index (χ1n) is 6.00. The highest BCUT2D eigenvalue weighted by Gasteiger charge is 2.32. The highest BCUT2D eigenvalue weighted by Crippen LogP contribution is 2.19. The lowest BCUT2D eigenvalue weighted by molar-refractivity contribution is -0.193. The first-order chi connectivity index (χ1) is 9.61. The Bertz CT molecular complexity index is 563. The molecule has 1 aromatic carbocycles. The molecule has 1 aliphatic heterocycles. The van der Waals surface area contributed by atoms with Gasteiger partial charge in [-0.3, -0.25) is 9.59 Å². The summed E-state index contributed by atoms with van der Waals surface area (Å²) in [6, 6.07) is 7.10. The molecule has 0 N–H and O–H groups in total. The molecular formula is C14H13NO5. The van der Waals surface area contributed by atoms with Crippen LogP contribution >= 0.6 is 0 Å². The summed E-state index contributed by atoms with van der Waals surface area (Å²) >= 11 is 0. The minimum absolute atomic E-state index is 0.0718. The molecule has 0 unspecified atom stereocenters. The van der Waals surface area contributed by atoms with Gasteiger partial charge in [0.05, 0.1) is 7.11 Å². The summed E-state index contributed by atoms with van der Waals surface area (Å²) in [4.78, 5) is 38.8. The molecule has 1 heterocycles. The molecule has 6 nitrogen and oxygen atoms in total. The molecule has 0 spiro atoms. The van der Waals surface area contributed by atoms with Crippen molar-refractivity contribution in [1.29, 1.82) is 0 Å². The highest BCUT2D eigenvalue weighted by atomic mass is 16.7. The summed E-state index contributed by atoms with van der Waals surface area (Å²) in [5.41, 5.74) is 0.686. The molecule has 0 atom stereocenters.